The van der Waals surface area contributed by atoms with E-state index in [1.165, 1.54) is 0 Å². The minimum absolute atomic E-state index is 0.160. The van der Waals surface area contributed by atoms with Gasteiger partial charge < -0.3 is 11.1 Å². The van der Waals surface area contributed by atoms with Crippen LogP contribution in [0.15, 0.2) is 29.4 Å². The first-order valence-electron chi connectivity index (χ1n) is 4.40. The molecule has 1 heterocycles. The van der Waals surface area contributed by atoms with Crippen LogP contribution in [0.5, 0.6) is 0 Å². The Bertz CT molecular complexity index is 379. The first-order chi connectivity index (χ1) is 7.13. The lowest BCUT2D eigenvalue weighted by molar-refractivity contribution is 0.0957. The van der Waals surface area contributed by atoms with Crippen molar-refractivity contribution < 1.29 is 4.79 Å². The van der Waals surface area contributed by atoms with Gasteiger partial charge in [0.05, 0.1) is 5.69 Å². The zero-order valence-corrected chi connectivity index (χ0v) is 9.75. The Balaban J connectivity index is 2.69. The first-order valence-corrected chi connectivity index (χ1v) is 5.19. The van der Waals surface area contributed by atoms with Crippen LogP contribution < -0.4 is 11.1 Å². The summed E-state index contributed by atoms with van der Waals surface area (Å²) in [4.78, 5) is 15.6. The molecule has 1 aromatic rings. The molecule has 1 amide bonds. The van der Waals surface area contributed by atoms with Crippen molar-refractivity contribution in [3.63, 3.8) is 0 Å². The van der Waals surface area contributed by atoms with Gasteiger partial charge >= 0.3 is 0 Å². The van der Waals surface area contributed by atoms with Gasteiger partial charge in [-0.25, -0.2) is 0 Å². The molecule has 0 aliphatic heterocycles. The number of carbonyl (C=O) groups excluding carboxylic acids is 1. The molecule has 80 valence electrons. The van der Waals surface area contributed by atoms with E-state index in [1.54, 1.807) is 18.3 Å². The number of nitrogens with one attached hydrogen (secondary N) is 1. The molecule has 0 saturated carbocycles. The summed E-state index contributed by atoms with van der Waals surface area (Å²) in [6.07, 6.45) is 1.57. The zero-order chi connectivity index (χ0) is 11.3. The molecule has 0 aromatic carbocycles. The molecule has 0 unspecified atom stereocenters. The van der Waals surface area contributed by atoms with E-state index in [-0.39, 0.29) is 5.91 Å². The molecule has 0 spiro atoms. The van der Waals surface area contributed by atoms with E-state index in [4.69, 9.17) is 5.73 Å². The molecule has 0 bridgehead atoms. The van der Waals surface area contributed by atoms with E-state index >= 15 is 0 Å². The number of nitrogens with two attached hydrogens (primary N) is 1. The first kappa shape index (κ1) is 11.9. The monoisotopic (exact) mass is 269 g/mol. The predicted octanol–water partition coefficient (Wildman–Crippen LogP) is 1.18. The van der Waals surface area contributed by atoms with E-state index in [0.717, 1.165) is 4.48 Å². The highest BCUT2D eigenvalue weighted by Gasteiger charge is 2.05. The van der Waals surface area contributed by atoms with Crippen molar-refractivity contribution in [2.24, 2.45) is 5.73 Å². The van der Waals surface area contributed by atoms with Crippen LogP contribution >= 0.6 is 15.9 Å². The number of hydrogen-bond donors (Lipinski definition) is 2. The van der Waals surface area contributed by atoms with E-state index in [2.05, 4.69) is 32.8 Å². The lowest BCUT2D eigenvalue weighted by Crippen LogP contribution is -2.24. The molecule has 0 aliphatic rings. The third-order valence-electron chi connectivity index (χ3n) is 1.73. The number of aromatic nitrogens is 1. The average molecular weight is 270 g/mol. The number of pyridine rings is 1. The highest BCUT2D eigenvalue weighted by Crippen LogP contribution is 2.02. The Kier molecular flexibility index (Phi) is 4.45. The van der Waals surface area contributed by atoms with Crippen LogP contribution in [0.2, 0.25) is 0 Å². The maximum Gasteiger partial charge on any atom is 0.251 e. The van der Waals surface area contributed by atoms with Gasteiger partial charge in [-0.15, -0.1) is 0 Å². The van der Waals surface area contributed by atoms with Crippen molar-refractivity contribution in [2.45, 2.75) is 6.54 Å². The highest BCUT2D eigenvalue weighted by atomic mass is 79.9. The van der Waals surface area contributed by atoms with Crippen molar-refractivity contribution >= 4 is 21.8 Å². The van der Waals surface area contributed by atoms with Gasteiger partial charge in [-0.05, 0) is 12.1 Å². The molecule has 0 aliphatic carbocycles. The second-order valence-electron chi connectivity index (χ2n) is 2.94. The van der Waals surface area contributed by atoms with Gasteiger partial charge in [-0.2, -0.15) is 0 Å². The number of hydrogen-bond acceptors (Lipinski definition) is 3. The van der Waals surface area contributed by atoms with Crippen molar-refractivity contribution in [3.05, 3.63) is 40.6 Å². The van der Waals surface area contributed by atoms with E-state index in [1.807, 2.05) is 0 Å². The van der Waals surface area contributed by atoms with Gasteiger partial charge in [-0.1, -0.05) is 22.5 Å². The van der Waals surface area contributed by atoms with Crippen LogP contribution in [0.1, 0.15) is 16.1 Å². The highest BCUT2D eigenvalue weighted by molar-refractivity contribution is 9.11. The van der Waals surface area contributed by atoms with Crippen molar-refractivity contribution in [1.29, 1.82) is 0 Å². The van der Waals surface area contributed by atoms with Crippen molar-refractivity contribution in [3.8, 4) is 0 Å². The summed E-state index contributed by atoms with van der Waals surface area (Å²) in [6.45, 7) is 4.35. The predicted molar refractivity (Wildman–Crippen MR) is 62.5 cm³/mol. The molecule has 1 rings (SSSR count). The van der Waals surface area contributed by atoms with Crippen LogP contribution in [-0.4, -0.2) is 17.4 Å². The lowest BCUT2D eigenvalue weighted by Gasteiger charge is -2.04. The molecule has 0 saturated heterocycles. The van der Waals surface area contributed by atoms with Crippen LogP contribution in [0.25, 0.3) is 0 Å². The Morgan fingerprint density at radius 3 is 3.00 bits per heavy atom. The van der Waals surface area contributed by atoms with E-state index in [9.17, 15) is 4.79 Å². The summed E-state index contributed by atoms with van der Waals surface area (Å²) in [6, 6.07) is 3.32. The second kappa shape index (κ2) is 5.63. The van der Waals surface area contributed by atoms with Crippen LogP contribution in [0.3, 0.4) is 0 Å². The smallest absolute Gasteiger partial charge is 0.251 e. The Morgan fingerprint density at radius 1 is 1.67 bits per heavy atom. The molecule has 0 atom stereocenters. The van der Waals surface area contributed by atoms with Crippen molar-refractivity contribution in [2.75, 3.05) is 6.54 Å². The normalized spacial score (nSPS) is 9.73. The van der Waals surface area contributed by atoms with Gasteiger partial charge in [0, 0.05) is 29.3 Å². The van der Waals surface area contributed by atoms with Crippen LogP contribution in [0, 0.1) is 0 Å². The Hall–Kier alpha value is -1.20. The average Bonchev–Trinajstić information content (AvgIpc) is 2.26. The van der Waals surface area contributed by atoms with Gasteiger partial charge in [0.1, 0.15) is 0 Å². The molecule has 5 heteroatoms. The van der Waals surface area contributed by atoms with Gasteiger partial charge in [0.25, 0.3) is 5.91 Å². The van der Waals surface area contributed by atoms with E-state index in [0.29, 0.717) is 24.3 Å². The fraction of sp³-hybridized carbons (Fsp3) is 0.200. The summed E-state index contributed by atoms with van der Waals surface area (Å²) in [7, 11) is 0. The molecular formula is C10H12BrN3O. The summed E-state index contributed by atoms with van der Waals surface area (Å²) in [5.41, 5.74) is 6.67. The van der Waals surface area contributed by atoms with Gasteiger partial charge in [0.15, 0.2) is 0 Å². The van der Waals surface area contributed by atoms with Gasteiger partial charge in [-0.3, -0.25) is 9.78 Å². The minimum atomic E-state index is -0.160. The maximum atomic E-state index is 11.6. The van der Waals surface area contributed by atoms with E-state index < -0.39 is 0 Å². The molecular weight excluding hydrogens is 258 g/mol. The Morgan fingerprint density at radius 2 is 2.40 bits per heavy atom. The van der Waals surface area contributed by atoms with Gasteiger partial charge in [0.2, 0.25) is 0 Å². The third-order valence-corrected chi connectivity index (χ3v) is 2.01. The third kappa shape index (κ3) is 3.81. The SMILES string of the molecule is C=C(Br)CNC(=O)c1ccnc(CN)c1. The number of halogens is 1. The summed E-state index contributed by atoms with van der Waals surface area (Å²) in [5.74, 6) is -0.160. The number of nitrogens with zero attached hydrogens (tertiary/aromatic N) is 1. The molecule has 0 fully saturated rings. The molecule has 4 nitrogen and oxygen atoms in total. The fourth-order valence-corrected chi connectivity index (χ4v) is 1.15. The zero-order valence-electron chi connectivity index (χ0n) is 8.16. The number of rotatable bonds is 4. The molecule has 0 radical (unpaired) electrons. The number of carbonyl (C=O) groups is 1. The molecule has 1 aromatic heterocycles. The fourth-order valence-electron chi connectivity index (χ4n) is 1.01. The summed E-state index contributed by atoms with van der Waals surface area (Å²) < 4.78 is 0.726. The molecule has 15 heavy (non-hydrogen) atoms. The quantitative estimate of drug-likeness (QED) is 0.863. The van der Waals surface area contributed by atoms with Crippen molar-refractivity contribution in [1.82, 2.24) is 10.3 Å². The molecule has 3 N–H and O–H groups in total. The maximum absolute atomic E-state index is 11.6. The van der Waals surface area contributed by atoms with Crippen LogP contribution in [0.4, 0.5) is 0 Å². The topological polar surface area (TPSA) is 68.0 Å². The minimum Gasteiger partial charge on any atom is -0.347 e. The number of amides is 1. The summed E-state index contributed by atoms with van der Waals surface area (Å²) >= 11 is 3.16. The lowest BCUT2D eigenvalue weighted by atomic mass is 10.2. The second-order valence-corrected chi connectivity index (χ2v) is 4.06. The summed E-state index contributed by atoms with van der Waals surface area (Å²) in [5, 5.41) is 2.70. The largest absolute Gasteiger partial charge is 0.347 e. The Labute approximate surface area is 96.7 Å². The van der Waals surface area contributed by atoms with Crippen LogP contribution in [-0.2, 0) is 6.54 Å². The standard InChI is InChI=1S/C10H12BrN3O/c1-7(11)6-14-10(15)8-2-3-13-9(4-8)5-12/h2-4H,1,5-6,12H2,(H,14,15).